The Balaban J connectivity index is 1.44. The Morgan fingerprint density at radius 3 is 2.54 bits per heavy atom. The fourth-order valence-electron chi connectivity index (χ4n) is 2.68. The molecule has 0 saturated heterocycles. The normalized spacial score (nSPS) is 14.2. The molecule has 6 heteroatoms. The number of hydrogen-bond donors (Lipinski definition) is 1. The molecule has 2 aromatic carbocycles. The molecule has 2 aromatic rings. The third-order valence-corrected chi connectivity index (χ3v) is 4.08. The quantitative estimate of drug-likeness (QED) is 0.473. The summed E-state index contributed by atoms with van der Waals surface area (Å²) < 4.78 is 0. The van der Waals surface area contributed by atoms with Gasteiger partial charge >= 0.3 is 0 Å². The predicted molar refractivity (Wildman–Crippen MR) is 102 cm³/mol. The van der Waals surface area contributed by atoms with Gasteiger partial charge in [0, 0.05) is 12.8 Å². The van der Waals surface area contributed by atoms with Gasteiger partial charge in [0.1, 0.15) is 5.84 Å². The van der Waals surface area contributed by atoms with Crippen LogP contribution in [0.4, 0.5) is 0 Å². The first kappa shape index (κ1) is 17.7. The second-order valence-electron chi connectivity index (χ2n) is 6.02. The largest absolute Gasteiger partial charge is 0.384 e. The number of hydrazone groups is 1. The van der Waals surface area contributed by atoms with Crippen LogP contribution in [-0.2, 0) is 16.1 Å². The van der Waals surface area contributed by atoms with E-state index in [0.29, 0.717) is 18.8 Å². The van der Waals surface area contributed by atoms with Crippen LogP contribution in [0.1, 0.15) is 24.0 Å². The number of amidine groups is 1. The van der Waals surface area contributed by atoms with E-state index in [-0.39, 0.29) is 12.5 Å². The summed E-state index contributed by atoms with van der Waals surface area (Å²) in [5.74, 6) is 0.145. The first-order chi connectivity index (χ1) is 12.7. The van der Waals surface area contributed by atoms with Gasteiger partial charge in [0.05, 0.1) is 12.3 Å². The molecule has 0 fully saturated rings. The van der Waals surface area contributed by atoms with Gasteiger partial charge in [0.15, 0.2) is 6.61 Å². The van der Waals surface area contributed by atoms with Crippen molar-refractivity contribution < 1.29 is 9.63 Å². The van der Waals surface area contributed by atoms with Crippen molar-refractivity contribution in [2.45, 2.75) is 19.3 Å². The summed E-state index contributed by atoms with van der Waals surface area (Å²) in [6.07, 6.45) is 2.10. The number of aryl methyl sites for hydroxylation is 1. The minimum absolute atomic E-state index is 0.169. The van der Waals surface area contributed by atoms with Crippen LogP contribution >= 0.6 is 0 Å². The summed E-state index contributed by atoms with van der Waals surface area (Å²) in [5, 5.41) is 9.63. The maximum atomic E-state index is 12.2. The van der Waals surface area contributed by atoms with Crippen molar-refractivity contribution in [3.8, 4) is 0 Å². The Bertz CT molecular complexity index is 788. The number of rotatable bonds is 7. The molecule has 1 amide bonds. The molecule has 134 valence electrons. The molecule has 1 aliphatic heterocycles. The summed E-state index contributed by atoms with van der Waals surface area (Å²) in [6.45, 7) is 0.386. The molecule has 6 nitrogen and oxygen atoms in total. The van der Waals surface area contributed by atoms with Crippen molar-refractivity contribution in [3.63, 3.8) is 0 Å². The highest BCUT2D eigenvalue weighted by molar-refractivity contribution is 6.02. The van der Waals surface area contributed by atoms with E-state index < -0.39 is 0 Å². The lowest BCUT2D eigenvalue weighted by Crippen LogP contribution is -2.27. The molecule has 0 saturated carbocycles. The third kappa shape index (κ3) is 4.92. The van der Waals surface area contributed by atoms with Crippen molar-refractivity contribution in [1.82, 2.24) is 5.01 Å². The van der Waals surface area contributed by atoms with E-state index in [2.05, 4.69) is 10.3 Å². The second kappa shape index (κ2) is 8.80. The number of hydrogen-bond acceptors (Lipinski definition) is 4. The van der Waals surface area contributed by atoms with Crippen LogP contribution in [-0.4, -0.2) is 35.6 Å². The van der Waals surface area contributed by atoms with Gasteiger partial charge in [-0.05, 0) is 17.5 Å². The highest BCUT2D eigenvalue weighted by Gasteiger charge is 2.21. The molecule has 0 atom stereocenters. The van der Waals surface area contributed by atoms with Crippen LogP contribution in [0.3, 0.4) is 0 Å². The molecule has 0 aliphatic carbocycles. The van der Waals surface area contributed by atoms with E-state index in [1.54, 1.807) is 0 Å². The lowest BCUT2D eigenvalue weighted by molar-refractivity contribution is -0.135. The van der Waals surface area contributed by atoms with Crippen LogP contribution in [0.25, 0.3) is 0 Å². The average molecular weight is 350 g/mol. The smallest absolute Gasteiger partial charge is 0.283 e. The van der Waals surface area contributed by atoms with Gasteiger partial charge in [-0.1, -0.05) is 65.8 Å². The average Bonchev–Trinajstić information content (AvgIpc) is 3.18. The van der Waals surface area contributed by atoms with Crippen LogP contribution in [0.2, 0.25) is 0 Å². The number of oxime groups is 1. The van der Waals surface area contributed by atoms with E-state index in [9.17, 15) is 4.79 Å². The molecule has 1 aliphatic rings. The Labute approximate surface area is 152 Å². The Kier molecular flexibility index (Phi) is 5.98. The zero-order valence-electron chi connectivity index (χ0n) is 14.5. The van der Waals surface area contributed by atoms with Crippen molar-refractivity contribution in [1.29, 1.82) is 0 Å². The molecular weight excluding hydrogens is 328 g/mol. The summed E-state index contributed by atoms with van der Waals surface area (Å²) in [5.41, 5.74) is 8.96. The van der Waals surface area contributed by atoms with Gasteiger partial charge in [-0.3, -0.25) is 4.79 Å². The lowest BCUT2D eigenvalue weighted by Gasteiger charge is -2.10. The molecule has 0 unspecified atom stereocenters. The molecule has 0 aromatic heterocycles. The first-order valence-corrected chi connectivity index (χ1v) is 8.64. The zero-order chi connectivity index (χ0) is 18.2. The highest BCUT2D eigenvalue weighted by atomic mass is 16.6. The van der Waals surface area contributed by atoms with E-state index in [1.165, 1.54) is 10.6 Å². The number of carbonyl (C=O) groups is 1. The second-order valence-corrected chi connectivity index (χ2v) is 6.02. The minimum Gasteiger partial charge on any atom is -0.384 e. The zero-order valence-corrected chi connectivity index (χ0v) is 14.5. The Morgan fingerprint density at radius 1 is 1.12 bits per heavy atom. The fraction of sp³-hybridized carbons (Fsp3) is 0.250. The maximum absolute atomic E-state index is 12.2. The van der Waals surface area contributed by atoms with Crippen LogP contribution < -0.4 is 5.73 Å². The van der Waals surface area contributed by atoms with Gasteiger partial charge in [-0.15, -0.1) is 0 Å². The van der Waals surface area contributed by atoms with Gasteiger partial charge in [0.25, 0.3) is 5.91 Å². The Hall–Kier alpha value is -3.15. The van der Waals surface area contributed by atoms with Gasteiger partial charge < -0.3 is 10.6 Å². The summed E-state index contributed by atoms with van der Waals surface area (Å²) in [4.78, 5) is 17.3. The van der Waals surface area contributed by atoms with Crippen LogP contribution in [0, 0.1) is 0 Å². The number of benzene rings is 2. The maximum Gasteiger partial charge on any atom is 0.283 e. The van der Waals surface area contributed by atoms with Crippen molar-refractivity contribution in [2.75, 3.05) is 13.2 Å². The van der Waals surface area contributed by atoms with E-state index >= 15 is 0 Å². The third-order valence-electron chi connectivity index (χ3n) is 4.08. The Morgan fingerprint density at radius 2 is 1.81 bits per heavy atom. The van der Waals surface area contributed by atoms with Gasteiger partial charge in [0.2, 0.25) is 0 Å². The predicted octanol–water partition coefficient (Wildman–Crippen LogP) is 2.54. The van der Waals surface area contributed by atoms with E-state index in [1.807, 2.05) is 60.7 Å². The van der Waals surface area contributed by atoms with E-state index in [4.69, 9.17) is 10.6 Å². The summed E-state index contributed by atoms with van der Waals surface area (Å²) in [6, 6.07) is 19.9. The number of nitrogens with zero attached hydrogens (tertiary/aromatic N) is 3. The van der Waals surface area contributed by atoms with Crippen molar-refractivity contribution >= 4 is 17.5 Å². The van der Waals surface area contributed by atoms with Gasteiger partial charge in [-0.25, -0.2) is 5.01 Å². The topological polar surface area (TPSA) is 80.3 Å². The summed E-state index contributed by atoms with van der Waals surface area (Å²) in [7, 11) is 0. The molecular formula is C20H22N4O2. The fourth-order valence-corrected chi connectivity index (χ4v) is 2.68. The highest BCUT2D eigenvalue weighted by Crippen LogP contribution is 2.13. The SMILES string of the molecule is N/C(CCc1ccccc1)=N\OCC(=O)N1CCC(c2ccccc2)=N1. The first-order valence-electron chi connectivity index (χ1n) is 8.64. The van der Waals surface area contributed by atoms with Crippen LogP contribution in [0.5, 0.6) is 0 Å². The molecule has 0 bridgehead atoms. The lowest BCUT2D eigenvalue weighted by atomic mass is 10.1. The minimum atomic E-state index is -0.226. The standard InChI is InChI=1S/C20H22N4O2/c21-19(12-11-16-7-3-1-4-8-16)23-26-15-20(25)24-14-13-18(22-24)17-9-5-2-6-10-17/h1-10H,11-15H2,(H2,21,23). The molecule has 26 heavy (non-hydrogen) atoms. The number of nitrogens with two attached hydrogens (primary N) is 1. The molecule has 3 rings (SSSR count). The molecule has 0 spiro atoms. The van der Waals surface area contributed by atoms with E-state index in [0.717, 1.165) is 24.1 Å². The van der Waals surface area contributed by atoms with Crippen LogP contribution in [0.15, 0.2) is 70.9 Å². The molecule has 1 heterocycles. The molecule has 0 radical (unpaired) electrons. The van der Waals surface area contributed by atoms with Gasteiger partial charge in [-0.2, -0.15) is 5.10 Å². The summed E-state index contributed by atoms with van der Waals surface area (Å²) >= 11 is 0. The monoisotopic (exact) mass is 350 g/mol. The number of amides is 1. The van der Waals surface area contributed by atoms with Crippen molar-refractivity contribution in [2.24, 2.45) is 16.0 Å². The molecule has 2 N–H and O–H groups in total. The van der Waals surface area contributed by atoms with Crippen molar-refractivity contribution in [3.05, 3.63) is 71.8 Å². The number of carbonyl (C=O) groups excluding carboxylic acids is 1.